The summed E-state index contributed by atoms with van der Waals surface area (Å²) in [5, 5.41) is 6.99. The Morgan fingerprint density at radius 1 is 1.10 bits per heavy atom. The highest BCUT2D eigenvalue weighted by molar-refractivity contribution is 7.11. The molecule has 1 heterocycles. The summed E-state index contributed by atoms with van der Waals surface area (Å²) in [4.78, 5) is 5.62. The van der Waals surface area contributed by atoms with Gasteiger partial charge in [0.15, 0.2) is 0 Å². The lowest BCUT2D eigenvalue weighted by Gasteiger charge is -2.11. The third-order valence-corrected chi connectivity index (χ3v) is 4.37. The average Bonchev–Trinajstić information content (AvgIpc) is 2.93. The highest BCUT2D eigenvalue weighted by Gasteiger charge is 2.06. The van der Waals surface area contributed by atoms with E-state index in [-0.39, 0.29) is 0 Å². The molecule has 0 aliphatic rings. The zero-order valence-corrected chi connectivity index (χ0v) is 13.0. The van der Waals surface area contributed by atoms with Gasteiger partial charge in [0.2, 0.25) is 0 Å². The lowest BCUT2D eigenvalue weighted by Crippen LogP contribution is -2.12. The van der Waals surface area contributed by atoms with Crippen molar-refractivity contribution in [1.82, 2.24) is 10.3 Å². The monoisotopic (exact) mass is 298 g/mol. The predicted molar refractivity (Wildman–Crippen MR) is 87.9 cm³/mol. The number of hydrogen-bond donors (Lipinski definition) is 1. The Labute approximate surface area is 128 Å². The van der Waals surface area contributed by atoms with Crippen LogP contribution in [0.25, 0.3) is 10.8 Å². The fraction of sp³-hybridized carbons (Fsp3) is 0.235. The van der Waals surface area contributed by atoms with Gasteiger partial charge in [-0.15, -0.1) is 11.3 Å². The Bertz CT molecular complexity index is 751. The van der Waals surface area contributed by atoms with Crippen LogP contribution in [0.15, 0.2) is 42.6 Å². The van der Waals surface area contributed by atoms with E-state index in [1.54, 1.807) is 18.4 Å². The van der Waals surface area contributed by atoms with Gasteiger partial charge < -0.3 is 10.1 Å². The van der Waals surface area contributed by atoms with Crippen LogP contribution >= 0.6 is 11.3 Å². The van der Waals surface area contributed by atoms with E-state index in [4.69, 9.17) is 4.74 Å². The number of rotatable bonds is 5. The van der Waals surface area contributed by atoms with Gasteiger partial charge in [-0.1, -0.05) is 30.3 Å². The summed E-state index contributed by atoms with van der Waals surface area (Å²) in [6.07, 6.45) is 1.92. The van der Waals surface area contributed by atoms with Gasteiger partial charge in [0.25, 0.3) is 0 Å². The van der Waals surface area contributed by atoms with Crippen LogP contribution in [0.1, 0.15) is 15.4 Å². The maximum Gasteiger partial charge on any atom is 0.126 e. The smallest absolute Gasteiger partial charge is 0.126 e. The van der Waals surface area contributed by atoms with Crippen molar-refractivity contribution < 1.29 is 4.74 Å². The van der Waals surface area contributed by atoms with E-state index in [2.05, 4.69) is 41.5 Å². The van der Waals surface area contributed by atoms with Crippen LogP contribution in [0.4, 0.5) is 0 Å². The van der Waals surface area contributed by atoms with Gasteiger partial charge in [-0.2, -0.15) is 0 Å². The zero-order valence-electron chi connectivity index (χ0n) is 12.2. The Balaban J connectivity index is 1.78. The number of ether oxygens (including phenoxy) is 1. The van der Waals surface area contributed by atoms with Crippen LogP contribution in [0.5, 0.6) is 5.75 Å². The number of aromatic nitrogens is 1. The summed E-state index contributed by atoms with van der Waals surface area (Å²) < 4.78 is 5.43. The number of thiazole rings is 1. The molecule has 3 aromatic rings. The number of hydrogen-bond acceptors (Lipinski definition) is 4. The molecule has 1 aromatic heterocycles. The molecule has 0 fully saturated rings. The number of nitrogens with one attached hydrogen (secondary N) is 1. The second kappa shape index (κ2) is 6.24. The highest BCUT2D eigenvalue weighted by Crippen LogP contribution is 2.28. The largest absolute Gasteiger partial charge is 0.496 e. The molecule has 0 amide bonds. The lowest BCUT2D eigenvalue weighted by atomic mass is 10.0. The minimum Gasteiger partial charge on any atom is -0.496 e. The van der Waals surface area contributed by atoms with Crippen molar-refractivity contribution in [2.75, 3.05) is 7.11 Å². The quantitative estimate of drug-likeness (QED) is 0.775. The van der Waals surface area contributed by atoms with Crippen LogP contribution in [-0.2, 0) is 13.1 Å². The first kappa shape index (κ1) is 14.0. The van der Waals surface area contributed by atoms with Gasteiger partial charge >= 0.3 is 0 Å². The third-order valence-electron chi connectivity index (χ3n) is 3.46. The van der Waals surface area contributed by atoms with Crippen molar-refractivity contribution >= 4 is 22.1 Å². The van der Waals surface area contributed by atoms with Gasteiger partial charge in [0, 0.05) is 29.5 Å². The molecule has 0 atom stereocenters. The standard InChI is InChI=1S/C17H18N2OS/c1-12-9-19-17(21-12)11-18-10-13-7-8-16(20-2)15-6-4-3-5-14(13)15/h3-9,18H,10-11H2,1-2H3. The molecule has 108 valence electrons. The van der Waals surface area contributed by atoms with Crippen LogP contribution in [0.2, 0.25) is 0 Å². The first-order chi connectivity index (χ1) is 10.3. The van der Waals surface area contributed by atoms with E-state index in [1.807, 2.05) is 18.3 Å². The topological polar surface area (TPSA) is 34.1 Å². The Kier molecular flexibility index (Phi) is 4.18. The van der Waals surface area contributed by atoms with E-state index in [0.717, 1.165) is 29.2 Å². The van der Waals surface area contributed by atoms with Crippen LogP contribution in [0, 0.1) is 6.92 Å². The van der Waals surface area contributed by atoms with Crippen molar-refractivity contribution in [3.8, 4) is 5.75 Å². The van der Waals surface area contributed by atoms with Crippen molar-refractivity contribution in [2.24, 2.45) is 0 Å². The van der Waals surface area contributed by atoms with E-state index in [1.165, 1.54) is 15.8 Å². The molecule has 3 rings (SSSR count). The van der Waals surface area contributed by atoms with E-state index < -0.39 is 0 Å². The summed E-state index contributed by atoms with van der Waals surface area (Å²) >= 11 is 1.74. The van der Waals surface area contributed by atoms with Crippen molar-refractivity contribution in [3.63, 3.8) is 0 Å². The number of aryl methyl sites for hydroxylation is 1. The molecule has 1 N–H and O–H groups in total. The fourth-order valence-electron chi connectivity index (χ4n) is 2.45. The second-order valence-electron chi connectivity index (χ2n) is 4.94. The predicted octanol–water partition coefficient (Wildman–Crippen LogP) is 3.90. The second-order valence-corrected chi connectivity index (χ2v) is 6.26. The molecule has 0 unspecified atom stereocenters. The molecule has 0 saturated carbocycles. The minimum atomic E-state index is 0.804. The van der Waals surface area contributed by atoms with Crippen molar-refractivity contribution in [3.05, 3.63) is 58.0 Å². The molecular formula is C17H18N2OS. The summed E-state index contributed by atoms with van der Waals surface area (Å²) in [5.74, 6) is 0.921. The van der Waals surface area contributed by atoms with Gasteiger partial charge in [0.1, 0.15) is 10.8 Å². The van der Waals surface area contributed by atoms with Gasteiger partial charge in [-0.3, -0.25) is 0 Å². The highest BCUT2D eigenvalue weighted by atomic mass is 32.1. The molecule has 0 aliphatic carbocycles. The van der Waals surface area contributed by atoms with E-state index >= 15 is 0 Å². The molecular weight excluding hydrogens is 280 g/mol. The maximum atomic E-state index is 5.43. The first-order valence-corrected chi connectivity index (χ1v) is 7.76. The fourth-order valence-corrected chi connectivity index (χ4v) is 3.21. The Morgan fingerprint density at radius 3 is 2.62 bits per heavy atom. The molecule has 2 aromatic carbocycles. The van der Waals surface area contributed by atoms with Crippen LogP contribution in [-0.4, -0.2) is 12.1 Å². The van der Waals surface area contributed by atoms with Crippen molar-refractivity contribution in [1.29, 1.82) is 0 Å². The number of benzene rings is 2. The molecule has 4 heteroatoms. The first-order valence-electron chi connectivity index (χ1n) is 6.94. The van der Waals surface area contributed by atoms with Gasteiger partial charge in [-0.05, 0) is 23.9 Å². The van der Waals surface area contributed by atoms with Crippen LogP contribution in [0.3, 0.4) is 0 Å². The Hall–Kier alpha value is -1.91. The summed E-state index contributed by atoms with van der Waals surface area (Å²) in [5.41, 5.74) is 1.28. The van der Waals surface area contributed by atoms with Gasteiger partial charge in [0.05, 0.1) is 7.11 Å². The normalized spacial score (nSPS) is 11.0. The molecule has 0 saturated heterocycles. The number of nitrogens with zero attached hydrogens (tertiary/aromatic N) is 1. The Morgan fingerprint density at radius 2 is 1.90 bits per heavy atom. The molecule has 0 radical (unpaired) electrons. The summed E-state index contributed by atoms with van der Waals surface area (Å²) in [7, 11) is 1.71. The molecule has 21 heavy (non-hydrogen) atoms. The molecule has 0 bridgehead atoms. The molecule has 3 nitrogen and oxygen atoms in total. The number of fused-ring (bicyclic) bond motifs is 1. The van der Waals surface area contributed by atoms with Crippen LogP contribution < -0.4 is 10.1 Å². The SMILES string of the molecule is COc1ccc(CNCc2ncc(C)s2)c2ccccc12. The third kappa shape index (κ3) is 3.06. The molecule has 0 aliphatic heterocycles. The number of methoxy groups -OCH3 is 1. The maximum absolute atomic E-state index is 5.43. The lowest BCUT2D eigenvalue weighted by molar-refractivity contribution is 0.419. The van der Waals surface area contributed by atoms with Crippen molar-refractivity contribution in [2.45, 2.75) is 20.0 Å². The minimum absolute atomic E-state index is 0.804. The average molecular weight is 298 g/mol. The summed E-state index contributed by atoms with van der Waals surface area (Å²) in [6, 6.07) is 12.5. The molecule has 0 spiro atoms. The summed E-state index contributed by atoms with van der Waals surface area (Å²) in [6.45, 7) is 3.71. The van der Waals surface area contributed by atoms with E-state index in [9.17, 15) is 0 Å². The zero-order chi connectivity index (χ0) is 14.7. The van der Waals surface area contributed by atoms with E-state index in [0.29, 0.717) is 0 Å². The van der Waals surface area contributed by atoms with Gasteiger partial charge in [-0.25, -0.2) is 4.98 Å².